The molecule has 1 rings (SSSR count). The fourth-order valence-electron chi connectivity index (χ4n) is 1.79. The van der Waals surface area contributed by atoms with E-state index in [0.29, 0.717) is 13.0 Å². The molecule has 21 heavy (non-hydrogen) atoms. The van der Waals surface area contributed by atoms with Crippen molar-refractivity contribution in [2.75, 3.05) is 20.0 Å². The zero-order valence-corrected chi connectivity index (χ0v) is 13.3. The van der Waals surface area contributed by atoms with E-state index in [2.05, 4.69) is 4.99 Å². The van der Waals surface area contributed by atoms with E-state index < -0.39 is 5.97 Å². The van der Waals surface area contributed by atoms with Gasteiger partial charge in [-0.05, 0) is 24.8 Å². The third-order valence-electron chi connectivity index (χ3n) is 2.73. The highest BCUT2D eigenvalue weighted by molar-refractivity contribution is 8.02. The molecule has 6 heteroatoms. The number of benzene rings is 1. The molecular weight excluding hydrogens is 288 g/mol. The average molecular weight is 308 g/mol. The van der Waals surface area contributed by atoms with Crippen molar-refractivity contribution in [3.63, 3.8) is 0 Å². The van der Waals surface area contributed by atoms with Crippen LogP contribution >= 0.6 is 11.8 Å². The van der Waals surface area contributed by atoms with Crippen molar-refractivity contribution in [1.29, 1.82) is 0 Å². The van der Waals surface area contributed by atoms with Gasteiger partial charge >= 0.3 is 5.97 Å². The van der Waals surface area contributed by atoms with Gasteiger partial charge in [0.05, 0.1) is 20.1 Å². The SMILES string of the molecule is CCOC(=O)/C(N=CN)=C(\Cc1ccccc1OC)SC. The first-order chi connectivity index (χ1) is 10.2. The minimum Gasteiger partial charge on any atom is -0.496 e. The predicted molar refractivity (Wildman–Crippen MR) is 86.6 cm³/mol. The van der Waals surface area contributed by atoms with Crippen LogP contribution in [0, 0.1) is 0 Å². The minimum atomic E-state index is -0.474. The summed E-state index contributed by atoms with van der Waals surface area (Å²) >= 11 is 1.44. The van der Waals surface area contributed by atoms with Gasteiger partial charge in [-0.2, -0.15) is 0 Å². The molecule has 2 N–H and O–H groups in total. The highest BCUT2D eigenvalue weighted by atomic mass is 32.2. The summed E-state index contributed by atoms with van der Waals surface area (Å²) in [6.07, 6.45) is 3.51. The summed E-state index contributed by atoms with van der Waals surface area (Å²) in [6, 6.07) is 7.65. The molecular formula is C15H20N2O3S. The van der Waals surface area contributed by atoms with Gasteiger partial charge in [0.25, 0.3) is 0 Å². The molecule has 0 aromatic heterocycles. The summed E-state index contributed by atoms with van der Waals surface area (Å²) in [5, 5.41) is 0. The zero-order valence-electron chi connectivity index (χ0n) is 12.5. The van der Waals surface area contributed by atoms with Crippen LogP contribution in [0.2, 0.25) is 0 Å². The van der Waals surface area contributed by atoms with E-state index in [1.165, 1.54) is 11.8 Å². The van der Waals surface area contributed by atoms with E-state index in [9.17, 15) is 4.79 Å². The molecule has 0 heterocycles. The third kappa shape index (κ3) is 4.82. The van der Waals surface area contributed by atoms with Crippen molar-refractivity contribution < 1.29 is 14.3 Å². The molecule has 0 aliphatic carbocycles. The first-order valence-corrected chi connectivity index (χ1v) is 7.70. The molecule has 0 saturated heterocycles. The Labute approximate surface area is 129 Å². The second-order valence-corrected chi connectivity index (χ2v) is 4.86. The van der Waals surface area contributed by atoms with Crippen LogP contribution in [0.25, 0.3) is 0 Å². The number of hydrogen-bond donors (Lipinski definition) is 1. The maximum absolute atomic E-state index is 12.0. The molecule has 0 radical (unpaired) electrons. The second-order valence-electron chi connectivity index (χ2n) is 3.96. The lowest BCUT2D eigenvalue weighted by atomic mass is 10.1. The van der Waals surface area contributed by atoms with E-state index in [1.807, 2.05) is 30.5 Å². The van der Waals surface area contributed by atoms with Crippen LogP contribution in [-0.2, 0) is 16.0 Å². The monoisotopic (exact) mass is 308 g/mol. The van der Waals surface area contributed by atoms with Gasteiger partial charge in [0.2, 0.25) is 0 Å². The van der Waals surface area contributed by atoms with Crippen LogP contribution in [0.3, 0.4) is 0 Å². The Kier molecular flexibility index (Phi) is 7.39. The van der Waals surface area contributed by atoms with Gasteiger partial charge in [0.1, 0.15) is 5.75 Å². The lowest BCUT2D eigenvalue weighted by Gasteiger charge is -2.12. The molecule has 1 aromatic rings. The van der Waals surface area contributed by atoms with Gasteiger partial charge < -0.3 is 15.2 Å². The Balaban J connectivity index is 3.17. The molecule has 0 spiro atoms. The largest absolute Gasteiger partial charge is 0.496 e. The number of methoxy groups -OCH3 is 1. The summed E-state index contributed by atoms with van der Waals surface area (Å²) in [5.41, 5.74) is 6.54. The van der Waals surface area contributed by atoms with Gasteiger partial charge in [-0.15, -0.1) is 11.8 Å². The van der Waals surface area contributed by atoms with Crippen molar-refractivity contribution in [2.45, 2.75) is 13.3 Å². The molecule has 5 nitrogen and oxygen atoms in total. The maximum Gasteiger partial charge on any atom is 0.357 e. The van der Waals surface area contributed by atoms with Crippen molar-refractivity contribution in [1.82, 2.24) is 0 Å². The van der Waals surface area contributed by atoms with Gasteiger partial charge in [0.15, 0.2) is 5.70 Å². The second kappa shape index (κ2) is 9.07. The quantitative estimate of drug-likeness (QED) is 0.362. The van der Waals surface area contributed by atoms with Crippen LogP contribution in [0.5, 0.6) is 5.75 Å². The van der Waals surface area contributed by atoms with Gasteiger partial charge in [-0.25, -0.2) is 9.79 Å². The third-order valence-corrected chi connectivity index (χ3v) is 3.56. The van der Waals surface area contributed by atoms with Crippen molar-refractivity contribution in [3.8, 4) is 5.75 Å². The van der Waals surface area contributed by atoms with Gasteiger partial charge in [0, 0.05) is 11.3 Å². The number of aliphatic imine (C=N–C) groups is 1. The fourth-order valence-corrected chi connectivity index (χ4v) is 2.42. The number of carbonyl (C=O) groups is 1. The maximum atomic E-state index is 12.0. The molecule has 0 unspecified atom stereocenters. The van der Waals surface area contributed by atoms with Gasteiger partial charge in [-0.3, -0.25) is 0 Å². The summed E-state index contributed by atoms with van der Waals surface area (Å²) in [7, 11) is 1.62. The Morgan fingerprint density at radius 1 is 1.43 bits per heavy atom. The van der Waals surface area contributed by atoms with Crippen LogP contribution in [0.15, 0.2) is 39.9 Å². The topological polar surface area (TPSA) is 73.9 Å². The highest BCUT2D eigenvalue weighted by Gasteiger charge is 2.17. The Morgan fingerprint density at radius 3 is 2.71 bits per heavy atom. The number of hydrogen-bond acceptors (Lipinski definition) is 5. The first-order valence-electron chi connectivity index (χ1n) is 6.48. The highest BCUT2D eigenvalue weighted by Crippen LogP contribution is 2.28. The van der Waals surface area contributed by atoms with Gasteiger partial charge in [-0.1, -0.05) is 18.2 Å². The smallest absolute Gasteiger partial charge is 0.357 e. The number of rotatable bonds is 7. The molecule has 0 aliphatic rings. The lowest BCUT2D eigenvalue weighted by molar-refractivity contribution is -0.138. The fraction of sp³-hybridized carbons (Fsp3) is 0.333. The minimum absolute atomic E-state index is 0.234. The van der Waals surface area contributed by atoms with Crippen molar-refractivity contribution >= 4 is 24.1 Å². The number of ether oxygens (including phenoxy) is 2. The molecule has 1 aromatic carbocycles. The van der Waals surface area contributed by atoms with Crippen LogP contribution in [-0.4, -0.2) is 32.3 Å². The summed E-state index contributed by atoms with van der Waals surface area (Å²) in [6.45, 7) is 2.04. The standard InChI is InChI=1S/C15H20N2O3S/c1-4-20-15(18)14(17-10-16)13(21-3)9-11-7-5-6-8-12(11)19-2/h5-8,10H,4,9H2,1-3H3,(H2,16,17)/b14-13-. The van der Waals surface area contributed by atoms with E-state index in [4.69, 9.17) is 15.2 Å². The van der Waals surface area contributed by atoms with Crippen LogP contribution < -0.4 is 10.5 Å². The number of nitrogens with two attached hydrogens (primary N) is 1. The normalized spacial score (nSPS) is 12.1. The number of nitrogens with zero attached hydrogens (tertiary/aromatic N) is 1. The van der Waals surface area contributed by atoms with Crippen LogP contribution in [0.4, 0.5) is 0 Å². The first kappa shape index (κ1) is 17.1. The Hall–Kier alpha value is -1.95. The van der Waals surface area contributed by atoms with Crippen molar-refractivity contribution in [3.05, 3.63) is 40.4 Å². The summed E-state index contributed by atoms with van der Waals surface area (Å²) < 4.78 is 10.4. The molecule has 0 bridgehead atoms. The number of thioether (sulfide) groups is 1. The summed E-state index contributed by atoms with van der Waals surface area (Å²) in [5.74, 6) is 0.294. The lowest BCUT2D eigenvalue weighted by Crippen LogP contribution is -2.10. The molecule has 0 fully saturated rings. The molecule has 0 saturated carbocycles. The Bertz CT molecular complexity index is 541. The van der Waals surface area contributed by atoms with Crippen LogP contribution in [0.1, 0.15) is 12.5 Å². The van der Waals surface area contributed by atoms with Crippen molar-refractivity contribution in [2.24, 2.45) is 10.7 Å². The number of esters is 1. The molecule has 0 aliphatic heterocycles. The molecule has 0 atom stereocenters. The van der Waals surface area contributed by atoms with E-state index >= 15 is 0 Å². The predicted octanol–water partition coefficient (Wildman–Crippen LogP) is 2.36. The average Bonchev–Trinajstić information content (AvgIpc) is 2.51. The number of carbonyl (C=O) groups excluding carboxylic acids is 1. The zero-order chi connectivity index (χ0) is 15.7. The number of allylic oxidation sites excluding steroid dienone is 1. The molecule has 0 amide bonds. The van der Waals surface area contributed by atoms with E-state index in [0.717, 1.165) is 22.6 Å². The number of para-hydroxylation sites is 1. The Morgan fingerprint density at radius 2 is 2.14 bits per heavy atom. The van der Waals surface area contributed by atoms with E-state index in [-0.39, 0.29) is 5.70 Å². The van der Waals surface area contributed by atoms with E-state index in [1.54, 1.807) is 14.0 Å². The molecule has 114 valence electrons. The summed E-state index contributed by atoms with van der Waals surface area (Å²) in [4.78, 5) is 16.7.